The molecular weight excluding hydrogens is 305 g/mol. The molecule has 0 saturated carbocycles. The van der Waals surface area contributed by atoms with Crippen molar-refractivity contribution in [2.75, 3.05) is 23.3 Å². The van der Waals surface area contributed by atoms with E-state index in [-0.39, 0.29) is 13.0 Å². The molecule has 1 unspecified atom stereocenters. The zero-order valence-corrected chi connectivity index (χ0v) is 13.2. The van der Waals surface area contributed by atoms with Crippen LogP contribution >= 0.6 is 11.3 Å². The zero-order chi connectivity index (χ0) is 15.7. The number of hydrogen-bond donors (Lipinski definition) is 1. The van der Waals surface area contributed by atoms with E-state index in [0.29, 0.717) is 17.5 Å². The number of amides is 1. The predicted molar refractivity (Wildman–Crippen MR) is 82.9 cm³/mol. The first-order valence-corrected chi connectivity index (χ1v) is 7.80. The largest absolute Gasteiger partial charge is 0.352 e. The molecule has 0 aliphatic carbocycles. The molecule has 8 heteroatoms. The number of aromatic nitrogens is 3. The van der Waals surface area contributed by atoms with Gasteiger partial charge in [0.1, 0.15) is 12.1 Å². The summed E-state index contributed by atoms with van der Waals surface area (Å²) in [5.41, 5.74) is -0.169. The number of aryl methyl sites for hydroxylation is 1. The average Bonchev–Trinajstić information content (AvgIpc) is 3.12. The van der Waals surface area contributed by atoms with Crippen molar-refractivity contribution in [3.63, 3.8) is 0 Å². The molecule has 0 spiro atoms. The summed E-state index contributed by atoms with van der Waals surface area (Å²) in [6, 6.07) is 0. The minimum absolute atomic E-state index is 0.0124. The van der Waals surface area contributed by atoms with Crippen molar-refractivity contribution in [1.82, 2.24) is 15.0 Å². The third-order valence-corrected chi connectivity index (χ3v) is 4.58. The minimum Gasteiger partial charge on any atom is -0.352 e. The number of rotatable bonds is 3. The molecule has 2 aromatic heterocycles. The maximum Gasteiger partial charge on any atom is 0.265 e. The van der Waals surface area contributed by atoms with E-state index in [0.717, 1.165) is 11.3 Å². The number of hydrogen-bond acceptors (Lipinski definition) is 6. The Kier molecular flexibility index (Phi) is 3.78. The minimum atomic E-state index is -1.93. The van der Waals surface area contributed by atoms with E-state index in [1.807, 2.05) is 13.8 Å². The van der Waals surface area contributed by atoms with Gasteiger partial charge in [0.2, 0.25) is 5.67 Å². The van der Waals surface area contributed by atoms with Gasteiger partial charge in [-0.2, -0.15) is 0 Å². The molecule has 1 aliphatic rings. The summed E-state index contributed by atoms with van der Waals surface area (Å²) in [7, 11) is 0. The molecule has 0 bridgehead atoms. The van der Waals surface area contributed by atoms with Gasteiger partial charge in [-0.05, 0) is 13.8 Å². The lowest BCUT2D eigenvalue weighted by molar-refractivity contribution is -0.126. The van der Waals surface area contributed by atoms with E-state index in [1.54, 1.807) is 16.5 Å². The highest BCUT2D eigenvalue weighted by molar-refractivity contribution is 7.13. The number of nitrogens with one attached hydrogen (secondary N) is 1. The fraction of sp³-hybridized carbons (Fsp3) is 0.429. The molecule has 3 rings (SSSR count). The van der Waals surface area contributed by atoms with Crippen LogP contribution in [-0.2, 0) is 4.79 Å². The number of alkyl halides is 1. The summed E-state index contributed by atoms with van der Waals surface area (Å²) >= 11 is 1.27. The lowest BCUT2D eigenvalue weighted by atomic mass is 10.1. The van der Waals surface area contributed by atoms with Crippen molar-refractivity contribution in [2.24, 2.45) is 0 Å². The van der Waals surface area contributed by atoms with E-state index in [2.05, 4.69) is 20.3 Å². The normalized spacial score (nSPS) is 21.1. The summed E-state index contributed by atoms with van der Waals surface area (Å²) < 4.78 is 14.9. The fourth-order valence-corrected chi connectivity index (χ4v) is 3.00. The number of carbonyl (C=O) groups is 1. The number of nitrogens with zero attached hydrogens (tertiary/aromatic N) is 4. The number of thiazole rings is 1. The zero-order valence-electron chi connectivity index (χ0n) is 12.3. The molecule has 0 aromatic carbocycles. The second-order valence-electron chi connectivity index (χ2n) is 5.34. The van der Waals surface area contributed by atoms with Crippen LogP contribution in [0.3, 0.4) is 0 Å². The molecule has 1 fully saturated rings. The molecule has 1 N–H and O–H groups in total. The molecule has 0 radical (unpaired) electrons. The van der Waals surface area contributed by atoms with Crippen molar-refractivity contribution in [2.45, 2.75) is 25.9 Å². The van der Waals surface area contributed by atoms with Crippen LogP contribution in [0.2, 0.25) is 0 Å². The monoisotopic (exact) mass is 321 g/mol. The Labute approximate surface area is 131 Å². The standard InChI is InChI=1S/C14H16FN5OS/c1-9-10(2)17-8-18-11(9)20-5-3-14(15,7-20)12(21)19-13-16-4-6-22-13/h4,6,8H,3,5,7H2,1-2H3,(H,16,19,21). The molecule has 22 heavy (non-hydrogen) atoms. The fourth-order valence-electron chi connectivity index (χ4n) is 2.48. The highest BCUT2D eigenvalue weighted by Gasteiger charge is 2.46. The van der Waals surface area contributed by atoms with Crippen molar-refractivity contribution < 1.29 is 9.18 Å². The van der Waals surface area contributed by atoms with E-state index in [4.69, 9.17) is 0 Å². The van der Waals surface area contributed by atoms with Gasteiger partial charge < -0.3 is 4.90 Å². The van der Waals surface area contributed by atoms with Crippen molar-refractivity contribution in [1.29, 1.82) is 0 Å². The van der Waals surface area contributed by atoms with Gasteiger partial charge in [-0.25, -0.2) is 19.3 Å². The smallest absolute Gasteiger partial charge is 0.265 e. The first kappa shape index (κ1) is 14.8. The lowest BCUT2D eigenvalue weighted by Crippen LogP contribution is -2.41. The first-order valence-electron chi connectivity index (χ1n) is 6.92. The molecule has 3 heterocycles. The lowest BCUT2D eigenvalue weighted by Gasteiger charge is -2.22. The Morgan fingerprint density at radius 2 is 2.23 bits per heavy atom. The predicted octanol–water partition coefficient (Wildman–Crippen LogP) is 2.11. The molecule has 1 aliphatic heterocycles. The van der Waals surface area contributed by atoms with Crippen LogP contribution in [0.1, 0.15) is 17.7 Å². The van der Waals surface area contributed by atoms with E-state index >= 15 is 0 Å². The number of halogens is 1. The van der Waals surface area contributed by atoms with Gasteiger partial charge in [0.15, 0.2) is 5.13 Å². The Morgan fingerprint density at radius 3 is 2.95 bits per heavy atom. The van der Waals surface area contributed by atoms with Gasteiger partial charge in [0, 0.05) is 35.8 Å². The van der Waals surface area contributed by atoms with Crippen LogP contribution < -0.4 is 10.2 Å². The van der Waals surface area contributed by atoms with Crippen LogP contribution in [-0.4, -0.2) is 39.6 Å². The summed E-state index contributed by atoms with van der Waals surface area (Å²) in [6.07, 6.45) is 3.16. The van der Waals surface area contributed by atoms with Gasteiger partial charge >= 0.3 is 0 Å². The summed E-state index contributed by atoms with van der Waals surface area (Å²) in [4.78, 5) is 26.3. The topological polar surface area (TPSA) is 71.0 Å². The molecule has 1 amide bonds. The molecule has 1 atom stereocenters. The number of anilines is 2. The maximum atomic E-state index is 14.9. The van der Waals surface area contributed by atoms with Gasteiger partial charge in [-0.15, -0.1) is 11.3 Å². The Morgan fingerprint density at radius 1 is 1.41 bits per heavy atom. The Balaban J connectivity index is 1.75. The van der Waals surface area contributed by atoms with Crippen LogP contribution in [0.15, 0.2) is 17.9 Å². The quantitative estimate of drug-likeness (QED) is 0.937. The van der Waals surface area contributed by atoms with Gasteiger partial charge in [-0.1, -0.05) is 0 Å². The van der Waals surface area contributed by atoms with Crippen molar-refractivity contribution in [3.8, 4) is 0 Å². The molecule has 6 nitrogen and oxygen atoms in total. The maximum absolute atomic E-state index is 14.9. The highest BCUT2D eigenvalue weighted by Crippen LogP contribution is 2.32. The molecule has 2 aromatic rings. The SMILES string of the molecule is Cc1ncnc(N2CCC(F)(C(=O)Nc3nccs3)C2)c1C. The van der Waals surface area contributed by atoms with Crippen LogP contribution in [0.25, 0.3) is 0 Å². The number of carbonyl (C=O) groups excluding carboxylic acids is 1. The van der Waals surface area contributed by atoms with E-state index in [9.17, 15) is 9.18 Å². The first-order chi connectivity index (χ1) is 10.5. The van der Waals surface area contributed by atoms with Gasteiger partial charge in [-0.3, -0.25) is 10.1 Å². The van der Waals surface area contributed by atoms with Crippen molar-refractivity contribution in [3.05, 3.63) is 29.2 Å². The Bertz CT molecular complexity index is 693. The van der Waals surface area contributed by atoms with Crippen LogP contribution in [0, 0.1) is 13.8 Å². The summed E-state index contributed by atoms with van der Waals surface area (Å²) in [5.74, 6) is 0.0439. The summed E-state index contributed by atoms with van der Waals surface area (Å²) in [5, 5.41) is 4.68. The van der Waals surface area contributed by atoms with Gasteiger partial charge in [0.05, 0.1) is 6.54 Å². The average molecular weight is 321 g/mol. The van der Waals surface area contributed by atoms with E-state index in [1.165, 1.54) is 17.7 Å². The second kappa shape index (κ2) is 5.60. The summed E-state index contributed by atoms with van der Waals surface area (Å²) in [6.45, 7) is 4.22. The van der Waals surface area contributed by atoms with E-state index < -0.39 is 11.6 Å². The molecule has 1 saturated heterocycles. The third-order valence-electron chi connectivity index (χ3n) is 3.89. The Hall–Kier alpha value is -2.09. The van der Waals surface area contributed by atoms with Gasteiger partial charge in [0.25, 0.3) is 5.91 Å². The second-order valence-corrected chi connectivity index (χ2v) is 6.23. The van der Waals surface area contributed by atoms with Crippen LogP contribution in [0.5, 0.6) is 0 Å². The highest BCUT2D eigenvalue weighted by atomic mass is 32.1. The molecular formula is C14H16FN5OS. The third kappa shape index (κ3) is 2.66. The molecule has 116 valence electrons. The van der Waals surface area contributed by atoms with Crippen molar-refractivity contribution >= 4 is 28.2 Å². The van der Waals surface area contributed by atoms with Crippen LogP contribution in [0.4, 0.5) is 15.3 Å².